The summed E-state index contributed by atoms with van der Waals surface area (Å²) in [6.45, 7) is 7.08. The first-order valence-corrected chi connectivity index (χ1v) is 14.5. The number of carbonyl (C=O) groups excluding carboxylic acids is 5. The molecule has 2 aromatic rings. The number of methoxy groups -OCH3 is 1. The molecule has 2 heterocycles. The summed E-state index contributed by atoms with van der Waals surface area (Å²) in [5.41, 5.74) is 0.581. The van der Waals surface area contributed by atoms with Gasteiger partial charge in [-0.2, -0.15) is 5.26 Å². The first-order chi connectivity index (χ1) is 21.7. The van der Waals surface area contributed by atoms with Crippen LogP contribution in [-0.4, -0.2) is 79.2 Å². The smallest absolute Gasteiger partial charge is 0.340 e. The predicted molar refractivity (Wildman–Crippen MR) is 160 cm³/mol. The summed E-state index contributed by atoms with van der Waals surface area (Å²) in [5, 5.41) is 10.4. The SMILES string of the molecule is CCOC(=O)c1c(-c2ccc(OC)cc2)c(C#N)c(=S)n([C@H]2O[C@@H](COC(C)=O)[C@@H](OC(C)=O)[C@@H](OC(C)=O)[C@@H]2OC(C)=O)c1C. The molecule has 0 unspecified atom stereocenters. The van der Waals surface area contributed by atoms with Crippen molar-refractivity contribution in [2.45, 2.75) is 72.2 Å². The molecule has 1 aromatic carbocycles. The molecule has 0 radical (unpaired) electrons. The summed E-state index contributed by atoms with van der Waals surface area (Å²) in [7, 11) is 1.49. The van der Waals surface area contributed by atoms with E-state index in [1.165, 1.54) is 18.6 Å². The molecule has 0 saturated carbocycles. The lowest BCUT2D eigenvalue weighted by molar-refractivity contribution is -0.269. The lowest BCUT2D eigenvalue weighted by atomic mass is 9.93. The first-order valence-electron chi connectivity index (χ1n) is 14.1. The Hall–Kier alpha value is -4.81. The van der Waals surface area contributed by atoms with E-state index in [1.807, 2.05) is 0 Å². The minimum absolute atomic E-state index is 0.00308. The van der Waals surface area contributed by atoms with Crippen molar-refractivity contribution >= 4 is 42.1 Å². The summed E-state index contributed by atoms with van der Waals surface area (Å²) in [5.74, 6) is -3.42. The van der Waals surface area contributed by atoms with Gasteiger partial charge in [0.25, 0.3) is 0 Å². The number of carbonyl (C=O) groups is 5. The van der Waals surface area contributed by atoms with Crippen LogP contribution in [0.1, 0.15) is 62.5 Å². The van der Waals surface area contributed by atoms with E-state index in [1.54, 1.807) is 31.2 Å². The van der Waals surface area contributed by atoms with Crippen molar-refractivity contribution in [3.05, 3.63) is 45.7 Å². The highest BCUT2D eigenvalue weighted by molar-refractivity contribution is 7.71. The Bertz CT molecular complexity index is 1610. The van der Waals surface area contributed by atoms with Gasteiger partial charge in [-0.15, -0.1) is 0 Å². The van der Waals surface area contributed by atoms with Crippen LogP contribution >= 0.6 is 12.2 Å². The molecular weight excluding hydrogens is 624 g/mol. The zero-order valence-corrected chi connectivity index (χ0v) is 27.1. The third-order valence-corrected chi connectivity index (χ3v) is 7.25. The standard InChI is InChI=1S/C31H34N2O12S/c1-8-40-31(38)24-15(2)33(30(46)22(13-32)25(24)20-9-11-21(39-7)12-10-20)29-28(44-19(6)37)27(43-18(5)36)26(42-17(4)35)23(45-29)14-41-16(3)34/h9-12,23,26-29H,8,14H2,1-7H3/t23-,26+,27+,28-,29-/m0/s1. The number of ether oxygens (including phenoxy) is 7. The number of aromatic nitrogens is 1. The van der Waals surface area contributed by atoms with Crippen LogP contribution in [0.15, 0.2) is 24.3 Å². The Morgan fingerprint density at radius 1 is 0.891 bits per heavy atom. The van der Waals surface area contributed by atoms with E-state index in [0.717, 1.165) is 27.7 Å². The Balaban J connectivity index is 2.42. The molecule has 0 aliphatic carbocycles. The van der Waals surface area contributed by atoms with Crippen molar-refractivity contribution in [1.29, 1.82) is 5.26 Å². The van der Waals surface area contributed by atoms with E-state index in [2.05, 4.69) is 6.07 Å². The fourth-order valence-corrected chi connectivity index (χ4v) is 5.52. The van der Waals surface area contributed by atoms with Gasteiger partial charge in [-0.3, -0.25) is 19.2 Å². The normalized spacial score (nSPS) is 20.4. The zero-order chi connectivity index (χ0) is 34.3. The number of nitriles is 1. The predicted octanol–water partition coefficient (Wildman–Crippen LogP) is 3.51. The van der Waals surface area contributed by atoms with Gasteiger partial charge in [-0.25, -0.2) is 4.79 Å². The molecule has 1 aliphatic heterocycles. The second kappa shape index (κ2) is 15.5. The number of rotatable bonds is 10. The monoisotopic (exact) mass is 658 g/mol. The van der Waals surface area contributed by atoms with Gasteiger partial charge in [0, 0.05) is 39.0 Å². The highest BCUT2D eigenvalue weighted by atomic mass is 32.1. The molecule has 5 atom stereocenters. The van der Waals surface area contributed by atoms with Gasteiger partial charge in [-0.05, 0) is 31.5 Å². The summed E-state index contributed by atoms with van der Waals surface area (Å²) in [6, 6.07) is 8.64. The van der Waals surface area contributed by atoms with Gasteiger partial charge in [0.2, 0.25) is 0 Å². The van der Waals surface area contributed by atoms with Crippen molar-refractivity contribution in [2.75, 3.05) is 20.3 Å². The second-order valence-corrected chi connectivity index (χ2v) is 10.4. The quantitative estimate of drug-likeness (QED) is 0.206. The first kappa shape index (κ1) is 35.7. The third kappa shape index (κ3) is 7.88. The molecule has 46 heavy (non-hydrogen) atoms. The van der Waals surface area contributed by atoms with Crippen LogP contribution in [0.2, 0.25) is 0 Å². The Labute approximate surface area is 270 Å². The highest BCUT2D eigenvalue weighted by Crippen LogP contribution is 2.39. The van der Waals surface area contributed by atoms with Gasteiger partial charge < -0.3 is 37.7 Å². The van der Waals surface area contributed by atoms with Crippen LogP contribution in [0.25, 0.3) is 11.1 Å². The number of hydrogen-bond donors (Lipinski definition) is 0. The van der Waals surface area contributed by atoms with Gasteiger partial charge >= 0.3 is 29.8 Å². The summed E-state index contributed by atoms with van der Waals surface area (Å²) in [4.78, 5) is 62.2. The van der Waals surface area contributed by atoms with Crippen molar-refractivity contribution in [2.24, 2.45) is 0 Å². The molecule has 3 rings (SSSR count). The summed E-state index contributed by atoms with van der Waals surface area (Å²) in [6.07, 6.45) is -7.28. The lowest BCUT2D eigenvalue weighted by Crippen LogP contribution is -2.60. The maximum absolute atomic E-state index is 13.6. The third-order valence-electron chi connectivity index (χ3n) is 6.85. The fraction of sp³-hybridized carbons (Fsp3) is 0.452. The molecular formula is C31H34N2O12S. The lowest BCUT2D eigenvalue weighted by Gasteiger charge is -2.45. The Kier molecular flexibility index (Phi) is 12.0. The Morgan fingerprint density at radius 2 is 1.46 bits per heavy atom. The minimum Gasteiger partial charge on any atom is -0.497 e. The van der Waals surface area contributed by atoms with Crippen LogP contribution < -0.4 is 4.74 Å². The van der Waals surface area contributed by atoms with E-state index in [4.69, 9.17) is 45.4 Å². The molecule has 0 N–H and O–H groups in total. The topological polar surface area (TPSA) is 179 Å². The molecule has 0 spiro atoms. The van der Waals surface area contributed by atoms with Crippen LogP contribution in [0.5, 0.6) is 5.75 Å². The maximum Gasteiger partial charge on any atom is 0.340 e. The highest BCUT2D eigenvalue weighted by Gasteiger charge is 2.53. The average Bonchev–Trinajstić information content (AvgIpc) is 2.98. The van der Waals surface area contributed by atoms with Gasteiger partial charge in [0.15, 0.2) is 24.5 Å². The number of hydrogen-bond acceptors (Lipinski definition) is 14. The van der Waals surface area contributed by atoms with Crippen LogP contribution in [0, 0.1) is 22.9 Å². The van der Waals surface area contributed by atoms with Crippen molar-refractivity contribution < 1.29 is 57.1 Å². The second-order valence-electron chi connectivity index (χ2n) is 10.0. The van der Waals surface area contributed by atoms with E-state index >= 15 is 0 Å². The molecule has 1 aliphatic rings. The van der Waals surface area contributed by atoms with Gasteiger partial charge in [0.05, 0.1) is 24.8 Å². The minimum atomic E-state index is -1.54. The summed E-state index contributed by atoms with van der Waals surface area (Å²) >= 11 is 5.81. The maximum atomic E-state index is 13.6. The van der Waals surface area contributed by atoms with Crippen molar-refractivity contribution in [3.8, 4) is 22.9 Å². The fourth-order valence-electron chi connectivity index (χ4n) is 5.13. The van der Waals surface area contributed by atoms with E-state index in [0.29, 0.717) is 11.3 Å². The molecule has 14 nitrogen and oxygen atoms in total. The van der Waals surface area contributed by atoms with Gasteiger partial charge in [0.1, 0.15) is 29.2 Å². The van der Waals surface area contributed by atoms with E-state index in [9.17, 15) is 29.2 Å². The molecule has 1 aromatic heterocycles. The molecule has 246 valence electrons. The number of esters is 5. The van der Waals surface area contributed by atoms with Crippen LogP contribution in [0.3, 0.4) is 0 Å². The summed E-state index contributed by atoms with van der Waals surface area (Å²) < 4.78 is 39.8. The molecule has 0 bridgehead atoms. The molecule has 0 amide bonds. The molecule has 1 fully saturated rings. The van der Waals surface area contributed by atoms with Crippen LogP contribution in [-0.2, 0) is 47.6 Å². The molecule has 15 heteroatoms. The zero-order valence-electron chi connectivity index (χ0n) is 26.3. The Morgan fingerprint density at radius 3 is 1.96 bits per heavy atom. The number of nitrogens with zero attached hydrogens (tertiary/aromatic N) is 2. The van der Waals surface area contributed by atoms with Crippen molar-refractivity contribution in [3.63, 3.8) is 0 Å². The van der Waals surface area contributed by atoms with E-state index in [-0.39, 0.29) is 33.6 Å². The average molecular weight is 659 g/mol. The number of benzene rings is 1. The van der Waals surface area contributed by atoms with E-state index < -0.39 is 67.1 Å². The molecule has 1 saturated heterocycles. The van der Waals surface area contributed by atoms with Crippen LogP contribution in [0.4, 0.5) is 0 Å². The van der Waals surface area contributed by atoms with Crippen molar-refractivity contribution in [1.82, 2.24) is 4.57 Å². The number of pyridine rings is 1. The van der Waals surface area contributed by atoms with Gasteiger partial charge in [-0.1, -0.05) is 24.4 Å². The largest absolute Gasteiger partial charge is 0.497 e.